The molecular formula is C20H22F2N6S. The summed E-state index contributed by atoms with van der Waals surface area (Å²) in [6.07, 6.45) is 1.71. The van der Waals surface area contributed by atoms with Gasteiger partial charge in [-0.3, -0.25) is 4.98 Å². The van der Waals surface area contributed by atoms with Crippen LogP contribution in [0.25, 0.3) is 0 Å². The Morgan fingerprint density at radius 3 is 2.48 bits per heavy atom. The van der Waals surface area contributed by atoms with Gasteiger partial charge in [0.1, 0.15) is 29.0 Å². The van der Waals surface area contributed by atoms with E-state index in [9.17, 15) is 8.78 Å². The third-order valence-corrected chi connectivity index (χ3v) is 5.17. The minimum atomic E-state index is -0.630. The maximum Gasteiger partial charge on any atom is 0.186 e. The molecule has 0 radical (unpaired) electrons. The fourth-order valence-corrected chi connectivity index (χ4v) is 4.02. The highest BCUT2D eigenvalue weighted by Gasteiger charge is 2.21. The molecule has 4 N–H and O–H groups in total. The smallest absolute Gasteiger partial charge is 0.186 e. The Labute approximate surface area is 172 Å². The summed E-state index contributed by atoms with van der Waals surface area (Å²) in [6, 6.07) is 9.07. The summed E-state index contributed by atoms with van der Waals surface area (Å²) in [5, 5.41) is 0.774. The van der Waals surface area contributed by atoms with Crippen molar-refractivity contribution in [2.75, 3.05) is 0 Å². The molecule has 0 saturated carbocycles. The first-order chi connectivity index (χ1) is 13.8. The van der Waals surface area contributed by atoms with Crippen molar-refractivity contribution >= 4 is 17.7 Å². The Balaban J connectivity index is 2.10. The zero-order valence-electron chi connectivity index (χ0n) is 16.1. The van der Waals surface area contributed by atoms with Crippen LogP contribution in [0, 0.1) is 11.6 Å². The Hall–Kier alpha value is -2.94. The quantitative estimate of drug-likeness (QED) is 0.453. The second kappa shape index (κ2) is 9.04. The van der Waals surface area contributed by atoms with E-state index < -0.39 is 11.6 Å². The Bertz CT molecular complexity index is 993. The first-order valence-corrected chi connectivity index (χ1v) is 9.83. The summed E-state index contributed by atoms with van der Waals surface area (Å²) in [5.41, 5.74) is 12.6. The number of rotatable bonds is 7. The van der Waals surface area contributed by atoms with Gasteiger partial charge in [0.2, 0.25) is 0 Å². The molecule has 6 nitrogen and oxygen atoms in total. The van der Waals surface area contributed by atoms with Crippen molar-refractivity contribution in [1.82, 2.24) is 14.5 Å². The number of benzene rings is 1. The van der Waals surface area contributed by atoms with E-state index >= 15 is 0 Å². The minimum Gasteiger partial charge on any atom is -0.370 e. The molecule has 0 saturated heterocycles. The van der Waals surface area contributed by atoms with Crippen molar-refractivity contribution < 1.29 is 8.78 Å². The van der Waals surface area contributed by atoms with Gasteiger partial charge in [-0.1, -0.05) is 31.7 Å². The zero-order valence-corrected chi connectivity index (χ0v) is 17.0. The predicted octanol–water partition coefficient (Wildman–Crippen LogP) is 3.65. The van der Waals surface area contributed by atoms with Crippen LogP contribution >= 0.6 is 11.8 Å². The van der Waals surface area contributed by atoms with Crippen LogP contribution in [0.2, 0.25) is 0 Å². The Morgan fingerprint density at radius 2 is 1.90 bits per heavy atom. The highest BCUT2D eigenvalue weighted by atomic mass is 32.2. The lowest BCUT2D eigenvalue weighted by Crippen LogP contribution is -2.23. The maximum absolute atomic E-state index is 13.7. The van der Waals surface area contributed by atoms with Crippen molar-refractivity contribution in [2.24, 2.45) is 16.5 Å². The lowest BCUT2D eigenvalue weighted by molar-refractivity contribution is 0.577. The number of halogens is 2. The molecule has 0 aliphatic heterocycles. The standard InChI is InChI=1S/C20H22F2N6S/c1-12(2)18-19(29-16-8-13(21)7-14(22)9-16)28(11-15-5-3-4-6-25-15)17(27-18)10-26-20(23)24/h3-9,12H,10-11H2,1-2H3,(H4,23,24,26). The normalized spacial score (nSPS) is 11.1. The van der Waals surface area contributed by atoms with Gasteiger partial charge in [0.05, 0.1) is 17.9 Å². The molecule has 1 aromatic carbocycles. The van der Waals surface area contributed by atoms with Gasteiger partial charge in [-0.25, -0.2) is 18.8 Å². The highest BCUT2D eigenvalue weighted by Crippen LogP contribution is 2.36. The number of hydrogen-bond acceptors (Lipinski definition) is 4. The number of nitrogens with zero attached hydrogens (tertiary/aromatic N) is 4. The fraction of sp³-hybridized carbons (Fsp3) is 0.250. The van der Waals surface area contributed by atoms with Gasteiger partial charge in [-0.15, -0.1) is 0 Å². The SMILES string of the molecule is CC(C)c1nc(CN=C(N)N)n(Cc2ccccn2)c1Sc1cc(F)cc(F)c1. The van der Waals surface area contributed by atoms with Gasteiger partial charge in [0.25, 0.3) is 0 Å². The topological polar surface area (TPSA) is 95.1 Å². The number of nitrogens with two attached hydrogens (primary N) is 2. The first-order valence-electron chi connectivity index (χ1n) is 9.02. The summed E-state index contributed by atoms with van der Waals surface area (Å²) in [7, 11) is 0. The molecule has 0 unspecified atom stereocenters. The first kappa shape index (κ1) is 20.8. The van der Waals surface area contributed by atoms with Crippen molar-refractivity contribution in [3.63, 3.8) is 0 Å². The summed E-state index contributed by atoms with van der Waals surface area (Å²) in [5.74, 6) is -0.568. The van der Waals surface area contributed by atoms with Crippen LogP contribution in [-0.2, 0) is 13.1 Å². The van der Waals surface area contributed by atoms with Crippen LogP contribution in [0.3, 0.4) is 0 Å². The van der Waals surface area contributed by atoms with E-state index in [1.807, 2.05) is 36.6 Å². The van der Waals surface area contributed by atoms with E-state index in [0.717, 1.165) is 22.5 Å². The van der Waals surface area contributed by atoms with E-state index in [-0.39, 0.29) is 18.4 Å². The highest BCUT2D eigenvalue weighted by molar-refractivity contribution is 7.99. The van der Waals surface area contributed by atoms with Crippen LogP contribution in [0.4, 0.5) is 8.78 Å². The van der Waals surface area contributed by atoms with E-state index in [2.05, 4.69) is 9.98 Å². The molecule has 152 valence electrons. The number of guanidine groups is 1. The number of pyridine rings is 1. The predicted molar refractivity (Wildman–Crippen MR) is 110 cm³/mol. The number of aliphatic imine (C=N–C) groups is 1. The molecule has 2 heterocycles. The molecule has 0 aliphatic rings. The Morgan fingerprint density at radius 1 is 1.17 bits per heavy atom. The summed E-state index contributed by atoms with van der Waals surface area (Å²) in [4.78, 5) is 13.6. The molecule has 3 aromatic rings. The van der Waals surface area contributed by atoms with E-state index in [0.29, 0.717) is 17.3 Å². The van der Waals surface area contributed by atoms with E-state index in [1.165, 1.54) is 23.9 Å². The minimum absolute atomic E-state index is 0.0371. The van der Waals surface area contributed by atoms with Gasteiger partial charge in [-0.05, 0) is 30.2 Å². The van der Waals surface area contributed by atoms with E-state index in [1.54, 1.807) is 6.20 Å². The fourth-order valence-electron chi connectivity index (χ4n) is 2.78. The average molecular weight is 417 g/mol. The van der Waals surface area contributed by atoms with Crippen molar-refractivity contribution in [1.29, 1.82) is 0 Å². The van der Waals surface area contributed by atoms with Gasteiger partial charge < -0.3 is 16.0 Å². The van der Waals surface area contributed by atoms with Crippen LogP contribution in [0.1, 0.15) is 37.0 Å². The largest absolute Gasteiger partial charge is 0.370 e. The maximum atomic E-state index is 13.7. The van der Waals surface area contributed by atoms with Crippen LogP contribution in [-0.4, -0.2) is 20.5 Å². The molecule has 0 spiro atoms. The number of aromatic nitrogens is 3. The second-order valence-corrected chi connectivity index (χ2v) is 7.79. The van der Waals surface area contributed by atoms with Gasteiger partial charge in [0, 0.05) is 17.2 Å². The lowest BCUT2D eigenvalue weighted by Gasteiger charge is -2.13. The molecule has 0 aliphatic carbocycles. The molecule has 2 aromatic heterocycles. The number of hydrogen-bond donors (Lipinski definition) is 2. The zero-order chi connectivity index (χ0) is 21.0. The third kappa shape index (κ3) is 5.32. The van der Waals surface area contributed by atoms with E-state index in [4.69, 9.17) is 16.5 Å². The molecule has 29 heavy (non-hydrogen) atoms. The summed E-state index contributed by atoms with van der Waals surface area (Å²) in [6.45, 7) is 4.63. The van der Waals surface area contributed by atoms with Crippen LogP contribution in [0.5, 0.6) is 0 Å². The monoisotopic (exact) mass is 416 g/mol. The summed E-state index contributed by atoms with van der Waals surface area (Å²) >= 11 is 1.25. The van der Waals surface area contributed by atoms with Crippen molar-refractivity contribution in [3.8, 4) is 0 Å². The van der Waals surface area contributed by atoms with Gasteiger partial charge >= 0.3 is 0 Å². The van der Waals surface area contributed by atoms with Crippen LogP contribution in [0.15, 0.2) is 57.5 Å². The number of imidazole rings is 1. The lowest BCUT2D eigenvalue weighted by atomic mass is 10.1. The van der Waals surface area contributed by atoms with Crippen molar-refractivity contribution in [3.05, 3.63) is 71.4 Å². The van der Waals surface area contributed by atoms with Gasteiger partial charge in [0.15, 0.2) is 5.96 Å². The second-order valence-electron chi connectivity index (χ2n) is 6.73. The molecule has 0 fully saturated rings. The third-order valence-electron chi connectivity index (χ3n) is 4.07. The molecule has 3 rings (SSSR count). The van der Waals surface area contributed by atoms with Crippen LogP contribution < -0.4 is 11.5 Å². The molecule has 0 bridgehead atoms. The summed E-state index contributed by atoms with van der Waals surface area (Å²) < 4.78 is 29.4. The Kier molecular flexibility index (Phi) is 6.48. The molecule has 0 atom stereocenters. The van der Waals surface area contributed by atoms with Crippen molar-refractivity contribution in [2.45, 2.75) is 42.8 Å². The average Bonchev–Trinajstić information content (AvgIpc) is 2.97. The molecule has 9 heteroatoms. The van der Waals surface area contributed by atoms with Gasteiger partial charge in [-0.2, -0.15) is 0 Å². The molecular weight excluding hydrogens is 394 g/mol. The molecule has 0 amide bonds.